The minimum Gasteiger partial charge on any atom is -0.394 e. The van der Waals surface area contributed by atoms with Crippen molar-refractivity contribution >= 4 is 0 Å². The fraction of sp³-hybridized carbons (Fsp3) is 1.00. The van der Waals surface area contributed by atoms with Crippen LogP contribution in [0.2, 0.25) is 0 Å². The third-order valence-electron chi connectivity index (χ3n) is 6.09. The average Bonchev–Trinajstić information content (AvgIpc) is 3.08. The molecule has 0 aromatic rings. The van der Waals surface area contributed by atoms with Crippen LogP contribution in [0.4, 0.5) is 0 Å². The van der Waals surface area contributed by atoms with E-state index in [4.69, 9.17) is 23.7 Å². The molecule has 200 valence electrons. The van der Waals surface area contributed by atoms with Crippen LogP contribution in [0, 0.1) is 0 Å². The second-order valence-electron chi connectivity index (χ2n) is 8.33. The van der Waals surface area contributed by atoms with Gasteiger partial charge in [0.1, 0.15) is 73.2 Å². The first-order valence-electron chi connectivity index (χ1n) is 10.6. The Morgan fingerprint density at radius 1 is 0.588 bits per heavy atom. The predicted octanol–water partition coefficient (Wildman–Crippen LogP) is -7.57. The topological polar surface area (TPSA) is 269 Å². The number of rotatable bonds is 8. The lowest BCUT2D eigenvalue weighted by atomic mass is 9.97. The second-order valence-corrected chi connectivity index (χ2v) is 8.33. The van der Waals surface area contributed by atoms with Gasteiger partial charge in [-0.05, 0) is 0 Å². The summed E-state index contributed by atoms with van der Waals surface area (Å²) in [6, 6.07) is 0. The molecule has 15 atom stereocenters. The normalized spacial score (nSPS) is 50.9. The van der Waals surface area contributed by atoms with E-state index in [0.717, 1.165) is 0 Å². The summed E-state index contributed by atoms with van der Waals surface area (Å²) in [6.45, 7) is -2.39. The van der Waals surface area contributed by atoms with E-state index >= 15 is 0 Å². The van der Waals surface area contributed by atoms with Crippen molar-refractivity contribution in [3.8, 4) is 0 Å². The van der Waals surface area contributed by atoms with Crippen LogP contribution in [-0.4, -0.2) is 168 Å². The molecule has 0 radical (unpaired) electrons. The molecule has 11 N–H and O–H groups in total. The van der Waals surface area contributed by atoms with Gasteiger partial charge in [-0.15, -0.1) is 0 Å². The minimum absolute atomic E-state index is 0.756. The Morgan fingerprint density at radius 3 is 1.71 bits per heavy atom. The molecule has 34 heavy (non-hydrogen) atoms. The molecule has 0 spiro atoms. The van der Waals surface area contributed by atoms with Gasteiger partial charge in [0.15, 0.2) is 18.9 Å². The molecule has 0 bridgehead atoms. The van der Waals surface area contributed by atoms with Crippen molar-refractivity contribution in [1.29, 1.82) is 0 Å². The van der Waals surface area contributed by atoms with E-state index in [-0.39, 0.29) is 0 Å². The van der Waals surface area contributed by atoms with E-state index in [1.54, 1.807) is 0 Å². The van der Waals surface area contributed by atoms with Crippen LogP contribution in [0.3, 0.4) is 0 Å². The number of aliphatic hydroxyl groups excluding tert-OH is 11. The molecule has 3 fully saturated rings. The maximum Gasteiger partial charge on any atom is 0.187 e. The Bertz CT molecular complexity index is 639. The van der Waals surface area contributed by atoms with Gasteiger partial charge in [-0.25, -0.2) is 0 Å². The van der Waals surface area contributed by atoms with Crippen molar-refractivity contribution in [2.45, 2.75) is 92.1 Å². The van der Waals surface area contributed by atoms with E-state index < -0.39 is 112 Å². The molecular weight excluding hydrogens is 472 g/mol. The quantitative estimate of drug-likeness (QED) is 0.146. The SMILES string of the molecule is OC[C@H]1O[C@H](O[C@@H]2[C@@H](O)[C@H](O[C@H](CO)[C@@H]3OC(O)[C@H](O)[C@H]3O)O[C@H](CO)[C@H]2O)[C@H](O)[C@@H](O)[C@@H]1O. The van der Waals surface area contributed by atoms with Crippen LogP contribution in [0.1, 0.15) is 0 Å². The Hall–Kier alpha value is -0.640. The zero-order valence-corrected chi connectivity index (χ0v) is 17.7. The number of hydrogen-bond acceptors (Lipinski definition) is 16. The average molecular weight is 504 g/mol. The van der Waals surface area contributed by atoms with Gasteiger partial charge in [0.2, 0.25) is 0 Å². The highest BCUT2D eigenvalue weighted by Gasteiger charge is 2.53. The highest BCUT2D eigenvalue weighted by molar-refractivity contribution is 4.96. The van der Waals surface area contributed by atoms with Gasteiger partial charge in [0.25, 0.3) is 0 Å². The summed E-state index contributed by atoms with van der Waals surface area (Å²) < 4.78 is 26.4. The smallest absolute Gasteiger partial charge is 0.187 e. The molecule has 1 unspecified atom stereocenters. The summed E-state index contributed by atoms with van der Waals surface area (Å²) in [6.07, 6.45) is -25.0. The van der Waals surface area contributed by atoms with Crippen molar-refractivity contribution in [2.24, 2.45) is 0 Å². The van der Waals surface area contributed by atoms with E-state index in [9.17, 15) is 56.2 Å². The van der Waals surface area contributed by atoms with Crippen LogP contribution in [0.15, 0.2) is 0 Å². The standard InChI is InChI=1S/C18H32O16/c19-1-4-7(22)9(24)12(27)17(30-4)34-15-8(23)5(2-20)31-18(13(15)28)32-6(3-21)14-10(25)11(26)16(29)33-14/h4-29H,1-3H2/t4-,5-,6-,7-,8-,9+,10-,11-,12-,13-,14+,15+,16?,17-,18+/m1/s1. The van der Waals surface area contributed by atoms with Gasteiger partial charge >= 0.3 is 0 Å². The molecule has 0 aliphatic carbocycles. The number of aliphatic hydroxyl groups is 11. The largest absolute Gasteiger partial charge is 0.394 e. The monoisotopic (exact) mass is 504 g/mol. The lowest BCUT2D eigenvalue weighted by Gasteiger charge is -2.46. The van der Waals surface area contributed by atoms with Crippen molar-refractivity contribution in [3.63, 3.8) is 0 Å². The third-order valence-corrected chi connectivity index (χ3v) is 6.09. The van der Waals surface area contributed by atoms with E-state index in [2.05, 4.69) is 0 Å². The van der Waals surface area contributed by atoms with Crippen molar-refractivity contribution in [2.75, 3.05) is 19.8 Å². The molecule has 3 aliphatic heterocycles. The molecule has 3 aliphatic rings. The molecular formula is C18H32O16. The minimum atomic E-state index is -1.88. The Balaban J connectivity index is 1.75. The summed E-state index contributed by atoms with van der Waals surface area (Å²) in [5, 5.41) is 109. The van der Waals surface area contributed by atoms with Crippen LogP contribution >= 0.6 is 0 Å². The molecule has 0 saturated carbocycles. The maximum absolute atomic E-state index is 10.7. The van der Waals surface area contributed by atoms with Crippen LogP contribution in [0.5, 0.6) is 0 Å². The Kier molecular flexibility index (Phi) is 9.54. The first kappa shape index (κ1) is 27.9. The first-order valence-corrected chi connectivity index (χ1v) is 10.6. The van der Waals surface area contributed by atoms with E-state index in [1.807, 2.05) is 0 Å². The van der Waals surface area contributed by atoms with E-state index in [0.29, 0.717) is 0 Å². The summed E-state index contributed by atoms with van der Waals surface area (Å²) in [5.74, 6) is 0. The predicted molar refractivity (Wildman–Crippen MR) is 101 cm³/mol. The van der Waals surface area contributed by atoms with Crippen LogP contribution in [-0.2, 0) is 23.7 Å². The van der Waals surface area contributed by atoms with Crippen LogP contribution < -0.4 is 0 Å². The zero-order chi connectivity index (χ0) is 25.3. The van der Waals surface area contributed by atoms with Crippen molar-refractivity contribution in [3.05, 3.63) is 0 Å². The summed E-state index contributed by atoms with van der Waals surface area (Å²) in [4.78, 5) is 0. The molecule has 0 amide bonds. The second kappa shape index (κ2) is 11.6. The molecule has 3 rings (SSSR count). The van der Waals surface area contributed by atoms with Gasteiger partial charge in [-0.2, -0.15) is 0 Å². The van der Waals surface area contributed by atoms with Crippen molar-refractivity contribution < 1.29 is 79.9 Å². The molecule has 3 saturated heterocycles. The summed E-state index contributed by atoms with van der Waals surface area (Å²) >= 11 is 0. The number of ether oxygens (including phenoxy) is 5. The first-order chi connectivity index (χ1) is 16.0. The Morgan fingerprint density at radius 2 is 1.18 bits per heavy atom. The number of hydrogen-bond donors (Lipinski definition) is 11. The zero-order valence-electron chi connectivity index (χ0n) is 17.7. The van der Waals surface area contributed by atoms with E-state index in [1.165, 1.54) is 0 Å². The third kappa shape index (κ3) is 5.37. The molecule has 3 heterocycles. The van der Waals surface area contributed by atoms with Gasteiger partial charge in [-0.3, -0.25) is 0 Å². The molecule has 0 aromatic carbocycles. The highest BCUT2D eigenvalue weighted by Crippen LogP contribution is 2.31. The lowest BCUT2D eigenvalue weighted by molar-refractivity contribution is -0.367. The molecule has 0 aromatic heterocycles. The highest BCUT2D eigenvalue weighted by atomic mass is 16.7. The molecule has 16 nitrogen and oxygen atoms in total. The molecule has 16 heteroatoms. The lowest BCUT2D eigenvalue weighted by Crippen LogP contribution is -2.65. The fourth-order valence-corrected chi connectivity index (χ4v) is 4.05. The Labute approximate surface area is 192 Å². The van der Waals surface area contributed by atoms with Gasteiger partial charge in [-0.1, -0.05) is 0 Å². The maximum atomic E-state index is 10.7. The summed E-state index contributed by atoms with van der Waals surface area (Å²) in [5.41, 5.74) is 0. The van der Waals surface area contributed by atoms with Gasteiger partial charge in [0.05, 0.1) is 19.8 Å². The van der Waals surface area contributed by atoms with Crippen LogP contribution in [0.25, 0.3) is 0 Å². The summed E-state index contributed by atoms with van der Waals surface area (Å²) in [7, 11) is 0. The van der Waals surface area contributed by atoms with Gasteiger partial charge < -0.3 is 79.9 Å². The fourth-order valence-electron chi connectivity index (χ4n) is 4.05. The van der Waals surface area contributed by atoms with Gasteiger partial charge in [0, 0.05) is 0 Å². The van der Waals surface area contributed by atoms with Crippen molar-refractivity contribution in [1.82, 2.24) is 0 Å².